The van der Waals surface area contributed by atoms with Crippen LogP contribution in [0, 0.1) is 27.7 Å². The monoisotopic (exact) mass is 367 g/mol. The van der Waals surface area contributed by atoms with E-state index in [4.69, 9.17) is 12.2 Å². The average Bonchev–Trinajstić information content (AvgIpc) is 2.86. The fourth-order valence-corrected chi connectivity index (χ4v) is 4.20. The zero-order valence-electron chi connectivity index (χ0n) is 15.1. The van der Waals surface area contributed by atoms with Crippen molar-refractivity contribution in [1.82, 2.24) is 0 Å². The number of hydrogen-bond acceptors (Lipinski definition) is 3. The third-order valence-corrected chi connectivity index (χ3v) is 6.13. The van der Waals surface area contributed by atoms with Gasteiger partial charge < -0.3 is 0 Å². The van der Waals surface area contributed by atoms with Crippen LogP contribution < -0.4 is 4.90 Å². The third-order valence-electron chi connectivity index (χ3n) is 4.66. The van der Waals surface area contributed by atoms with E-state index in [0.29, 0.717) is 9.23 Å². The molecule has 0 saturated carbocycles. The number of thiocarbonyl (C=S) groups is 1. The Balaban J connectivity index is 2.06. The molecule has 25 heavy (non-hydrogen) atoms. The molecule has 2 nitrogen and oxygen atoms in total. The van der Waals surface area contributed by atoms with E-state index in [1.165, 1.54) is 22.9 Å². The molecule has 1 fully saturated rings. The van der Waals surface area contributed by atoms with Gasteiger partial charge in [-0.05, 0) is 74.1 Å². The minimum absolute atomic E-state index is 0.0283. The van der Waals surface area contributed by atoms with Crippen molar-refractivity contribution in [2.75, 3.05) is 4.90 Å². The maximum atomic E-state index is 13.1. The van der Waals surface area contributed by atoms with Crippen molar-refractivity contribution >= 4 is 45.5 Å². The first-order chi connectivity index (χ1) is 11.8. The molecule has 0 aliphatic carbocycles. The molecule has 0 unspecified atom stereocenters. The summed E-state index contributed by atoms with van der Waals surface area (Å²) in [6, 6.07) is 12.4. The zero-order chi connectivity index (χ0) is 18.3. The van der Waals surface area contributed by atoms with Crippen molar-refractivity contribution in [3.63, 3.8) is 0 Å². The molecule has 1 aliphatic heterocycles. The summed E-state index contributed by atoms with van der Waals surface area (Å²) in [6.45, 7) is 10.2. The van der Waals surface area contributed by atoms with Gasteiger partial charge >= 0.3 is 0 Å². The highest BCUT2D eigenvalue weighted by atomic mass is 32.2. The van der Waals surface area contributed by atoms with Gasteiger partial charge in [0, 0.05) is 0 Å². The van der Waals surface area contributed by atoms with E-state index >= 15 is 0 Å². The number of anilines is 1. The number of amides is 1. The molecule has 0 aromatic heterocycles. The molecule has 2 aromatic rings. The van der Waals surface area contributed by atoms with Crippen LogP contribution in [0.4, 0.5) is 5.69 Å². The highest BCUT2D eigenvalue weighted by molar-refractivity contribution is 8.27. The number of allylic oxidation sites excluding steroid dienone is 1. The minimum atomic E-state index is -0.0283. The molecule has 1 amide bonds. The topological polar surface area (TPSA) is 20.3 Å². The molecule has 4 heteroatoms. The Bertz CT molecular complexity index is 927. The fourth-order valence-electron chi connectivity index (χ4n) is 2.87. The Morgan fingerprint density at radius 2 is 1.64 bits per heavy atom. The highest BCUT2D eigenvalue weighted by Crippen LogP contribution is 2.40. The average molecular weight is 368 g/mol. The summed E-state index contributed by atoms with van der Waals surface area (Å²) in [5.41, 5.74) is 7.57. The molecule has 3 rings (SSSR count). The van der Waals surface area contributed by atoms with Crippen LogP contribution in [0.2, 0.25) is 0 Å². The second-order valence-electron chi connectivity index (χ2n) is 6.55. The summed E-state index contributed by atoms with van der Waals surface area (Å²) < 4.78 is 0.594. The van der Waals surface area contributed by atoms with Crippen molar-refractivity contribution in [2.45, 2.75) is 34.6 Å². The van der Waals surface area contributed by atoms with E-state index < -0.39 is 0 Å². The summed E-state index contributed by atoms with van der Waals surface area (Å²) >= 11 is 6.92. The van der Waals surface area contributed by atoms with Crippen LogP contribution in [0.25, 0.3) is 5.57 Å². The van der Waals surface area contributed by atoms with E-state index in [-0.39, 0.29) is 5.91 Å². The van der Waals surface area contributed by atoms with E-state index in [0.717, 1.165) is 28.0 Å². The van der Waals surface area contributed by atoms with Crippen molar-refractivity contribution in [1.29, 1.82) is 0 Å². The van der Waals surface area contributed by atoms with E-state index in [1.807, 2.05) is 39.0 Å². The Labute approximate surface area is 158 Å². The minimum Gasteiger partial charge on any atom is -0.268 e. The zero-order valence-corrected chi connectivity index (χ0v) is 16.8. The SMILES string of the molecule is C/C(=C1/SC(=S)N(c2cc(C)ccc2C)C1=O)c1ccc(C)c(C)c1. The van der Waals surface area contributed by atoms with Gasteiger partial charge in [-0.1, -0.05) is 54.3 Å². The number of aryl methyl sites for hydroxylation is 4. The summed E-state index contributed by atoms with van der Waals surface area (Å²) in [5, 5.41) is 0. The number of carbonyl (C=O) groups is 1. The molecular weight excluding hydrogens is 346 g/mol. The molecule has 0 bridgehead atoms. The van der Waals surface area contributed by atoms with Crippen LogP contribution >= 0.6 is 24.0 Å². The molecule has 0 atom stereocenters. The van der Waals surface area contributed by atoms with Crippen molar-refractivity contribution in [2.24, 2.45) is 0 Å². The van der Waals surface area contributed by atoms with Gasteiger partial charge in [0.05, 0.1) is 10.6 Å². The lowest BCUT2D eigenvalue weighted by molar-refractivity contribution is -0.113. The molecular formula is C21H21NOS2. The summed E-state index contributed by atoms with van der Waals surface area (Å²) in [4.78, 5) is 15.5. The standard InChI is InChI=1S/C21H21NOS2/c1-12-6-7-14(3)18(10-12)22-20(23)19(25-21(22)24)16(5)17-9-8-13(2)15(4)11-17/h6-11H,1-5H3/b19-16-. The Kier molecular flexibility index (Phi) is 4.85. The van der Waals surface area contributed by atoms with Gasteiger partial charge in [-0.15, -0.1) is 0 Å². The predicted molar refractivity (Wildman–Crippen MR) is 112 cm³/mol. The van der Waals surface area contributed by atoms with Gasteiger partial charge in [0.25, 0.3) is 5.91 Å². The number of hydrogen-bond donors (Lipinski definition) is 0. The molecule has 0 radical (unpaired) electrons. The Morgan fingerprint density at radius 3 is 2.32 bits per heavy atom. The van der Waals surface area contributed by atoms with Gasteiger partial charge in [-0.3, -0.25) is 9.69 Å². The van der Waals surface area contributed by atoms with E-state index in [1.54, 1.807) is 4.90 Å². The molecule has 1 heterocycles. The first-order valence-electron chi connectivity index (χ1n) is 8.21. The van der Waals surface area contributed by atoms with Gasteiger partial charge in [-0.2, -0.15) is 0 Å². The van der Waals surface area contributed by atoms with Crippen molar-refractivity contribution in [3.8, 4) is 0 Å². The molecule has 1 aliphatic rings. The Morgan fingerprint density at radius 1 is 0.960 bits per heavy atom. The second-order valence-corrected chi connectivity index (χ2v) is 8.20. The largest absolute Gasteiger partial charge is 0.271 e. The van der Waals surface area contributed by atoms with Crippen LogP contribution in [0.5, 0.6) is 0 Å². The molecule has 1 saturated heterocycles. The molecule has 0 spiro atoms. The lowest BCUT2D eigenvalue weighted by Gasteiger charge is -2.18. The first kappa shape index (κ1) is 17.9. The molecule has 0 N–H and O–H groups in total. The van der Waals surface area contributed by atoms with Gasteiger partial charge in [-0.25, -0.2) is 0 Å². The number of rotatable bonds is 2. The highest BCUT2D eigenvalue weighted by Gasteiger charge is 2.35. The number of carbonyl (C=O) groups excluding carboxylic acids is 1. The first-order valence-corrected chi connectivity index (χ1v) is 9.44. The van der Waals surface area contributed by atoms with Crippen molar-refractivity contribution in [3.05, 3.63) is 69.1 Å². The lowest BCUT2D eigenvalue weighted by atomic mass is 10.0. The quantitative estimate of drug-likeness (QED) is 0.500. The Hall–Kier alpha value is -1.91. The number of benzene rings is 2. The number of thioether (sulfide) groups is 1. The van der Waals surface area contributed by atoms with Gasteiger partial charge in [0.1, 0.15) is 0 Å². The van der Waals surface area contributed by atoms with Gasteiger partial charge in [0.15, 0.2) is 4.32 Å². The van der Waals surface area contributed by atoms with Crippen LogP contribution in [0.1, 0.15) is 34.7 Å². The maximum absolute atomic E-state index is 13.1. The van der Waals surface area contributed by atoms with Crippen LogP contribution in [0.3, 0.4) is 0 Å². The normalized spacial score (nSPS) is 16.6. The second kappa shape index (κ2) is 6.77. The molecule has 2 aromatic carbocycles. The van der Waals surface area contributed by atoms with Crippen LogP contribution in [0.15, 0.2) is 41.3 Å². The lowest BCUT2D eigenvalue weighted by Crippen LogP contribution is -2.28. The predicted octanol–water partition coefficient (Wildman–Crippen LogP) is 5.72. The third kappa shape index (κ3) is 3.29. The van der Waals surface area contributed by atoms with Gasteiger partial charge in [0.2, 0.25) is 0 Å². The summed E-state index contributed by atoms with van der Waals surface area (Å²) in [7, 11) is 0. The van der Waals surface area contributed by atoms with Crippen molar-refractivity contribution < 1.29 is 4.79 Å². The van der Waals surface area contributed by atoms with Crippen LogP contribution in [-0.4, -0.2) is 10.2 Å². The smallest absolute Gasteiger partial charge is 0.268 e. The summed E-state index contributed by atoms with van der Waals surface area (Å²) in [6.07, 6.45) is 0. The summed E-state index contributed by atoms with van der Waals surface area (Å²) in [5.74, 6) is -0.0283. The van der Waals surface area contributed by atoms with Crippen LogP contribution in [-0.2, 0) is 4.79 Å². The van der Waals surface area contributed by atoms with E-state index in [9.17, 15) is 4.79 Å². The van der Waals surface area contributed by atoms with E-state index in [2.05, 4.69) is 32.0 Å². The number of nitrogens with zero attached hydrogens (tertiary/aromatic N) is 1. The maximum Gasteiger partial charge on any atom is 0.271 e. The molecule has 128 valence electrons. The fraction of sp³-hybridized carbons (Fsp3) is 0.238.